The second kappa shape index (κ2) is 9.46. The number of carboxylic acids is 1. The molecule has 0 aliphatic heterocycles. The topological polar surface area (TPSA) is 102 Å². The lowest BCUT2D eigenvalue weighted by atomic mass is 10.3. The monoisotopic (exact) mass is 397 g/mol. The van der Waals surface area contributed by atoms with Crippen molar-refractivity contribution < 1.29 is 27.8 Å². The van der Waals surface area contributed by atoms with Crippen LogP contribution in [0.3, 0.4) is 0 Å². The van der Waals surface area contributed by atoms with Crippen LogP contribution in [0.5, 0.6) is 11.5 Å². The fraction of sp³-hybridized carbons (Fsp3) is 0.235. The van der Waals surface area contributed by atoms with E-state index in [4.69, 9.17) is 14.6 Å². The Hall–Kier alpha value is -2.23. The van der Waals surface area contributed by atoms with Crippen LogP contribution >= 0.6 is 11.8 Å². The molecular weight excluding hydrogens is 378 g/mol. The molecule has 7 nitrogen and oxygen atoms in total. The molecule has 0 radical (unpaired) electrons. The summed E-state index contributed by atoms with van der Waals surface area (Å²) < 4.78 is 37.0. The van der Waals surface area contributed by atoms with Crippen molar-refractivity contribution in [3.63, 3.8) is 0 Å². The van der Waals surface area contributed by atoms with E-state index in [0.717, 1.165) is 4.90 Å². The first-order chi connectivity index (χ1) is 12.4. The van der Waals surface area contributed by atoms with Gasteiger partial charge >= 0.3 is 5.97 Å². The quantitative estimate of drug-likeness (QED) is 0.468. The molecule has 26 heavy (non-hydrogen) atoms. The highest BCUT2D eigenvalue weighted by Crippen LogP contribution is 2.21. The number of hydrogen-bond acceptors (Lipinski definition) is 6. The first-order valence-corrected chi connectivity index (χ1v) is 10.1. The second-order valence-electron chi connectivity index (χ2n) is 5.08. The highest BCUT2D eigenvalue weighted by molar-refractivity contribution is 7.99. The number of nitrogens with one attached hydrogen (secondary N) is 1. The van der Waals surface area contributed by atoms with Gasteiger partial charge in [0.05, 0.1) is 12.0 Å². The number of benzene rings is 2. The van der Waals surface area contributed by atoms with E-state index in [-0.39, 0.29) is 18.0 Å². The molecule has 0 saturated carbocycles. The van der Waals surface area contributed by atoms with E-state index in [9.17, 15) is 13.2 Å². The summed E-state index contributed by atoms with van der Waals surface area (Å²) in [5.74, 6) is 0.574. The van der Waals surface area contributed by atoms with E-state index in [1.807, 2.05) is 0 Å². The molecule has 2 rings (SSSR count). The Labute approximate surface area is 156 Å². The summed E-state index contributed by atoms with van der Waals surface area (Å²) in [5.41, 5.74) is 0. The van der Waals surface area contributed by atoms with E-state index in [2.05, 4.69) is 4.72 Å². The Morgan fingerprint density at radius 3 is 2.27 bits per heavy atom. The van der Waals surface area contributed by atoms with Gasteiger partial charge in [0.1, 0.15) is 11.5 Å². The van der Waals surface area contributed by atoms with Crippen molar-refractivity contribution >= 4 is 27.8 Å². The summed E-state index contributed by atoms with van der Waals surface area (Å²) in [6.07, 6.45) is 0. The molecule has 0 aliphatic carbocycles. The van der Waals surface area contributed by atoms with Crippen molar-refractivity contribution in [3.05, 3.63) is 48.5 Å². The Morgan fingerprint density at radius 1 is 1.08 bits per heavy atom. The second-order valence-corrected chi connectivity index (χ2v) is 8.01. The minimum Gasteiger partial charge on any atom is -0.497 e. The van der Waals surface area contributed by atoms with Crippen LogP contribution in [0.15, 0.2) is 58.3 Å². The summed E-state index contributed by atoms with van der Waals surface area (Å²) in [6.45, 7) is -0.115. The minimum atomic E-state index is -3.56. The molecule has 0 bridgehead atoms. The number of carbonyl (C=O) groups is 1. The molecule has 9 heteroatoms. The van der Waals surface area contributed by atoms with Gasteiger partial charge in [0.2, 0.25) is 10.0 Å². The maximum Gasteiger partial charge on any atom is 0.341 e. The Morgan fingerprint density at radius 2 is 1.69 bits per heavy atom. The summed E-state index contributed by atoms with van der Waals surface area (Å²) in [7, 11) is -2.04. The van der Waals surface area contributed by atoms with Crippen molar-refractivity contribution in [3.8, 4) is 11.5 Å². The van der Waals surface area contributed by atoms with Crippen molar-refractivity contribution in [1.29, 1.82) is 0 Å². The lowest BCUT2D eigenvalue weighted by molar-refractivity contribution is -0.139. The Bertz CT molecular complexity index is 819. The Kier molecular flexibility index (Phi) is 7.31. The average molecular weight is 397 g/mol. The standard InChI is InChI=1S/C17H19NO6S2/c1-23-13-4-8-16(9-5-13)26(21,22)18-10-11-25-15-6-2-14(3-7-15)24-12-17(19)20/h2-9,18H,10-12H2,1H3,(H,19,20). The fourth-order valence-corrected chi connectivity index (χ4v) is 3.89. The van der Waals surface area contributed by atoms with Crippen molar-refractivity contribution in [2.45, 2.75) is 9.79 Å². The van der Waals surface area contributed by atoms with Gasteiger partial charge in [-0.2, -0.15) is 0 Å². The van der Waals surface area contributed by atoms with Crippen LogP contribution in [-0.4, -0.2) is 45.5 Å². The minimum absolute atomic E-state index is 0.184. The molecule has 0 spiro atoms. The van der Waals surface area contributed by atoms with Crippen LogP contribution in [0.2, 0.25) is 0 Å². The third-order valence-corrected chi connectivity index (χ3v) is 5.71. The van der Waals surface area contributed by atoms with Gasteiger partial charge in [0, 0.05) is 17.2 Å². The molecule has 0 aromatic heterocycles. The molecule has 0 aliphatic rings. The number of methoxy groups -OCH3 is 1. The zero-order chi connectivity index (χ0) is 19.0. The first-order valence-electron chi connectivity index (χ1n) is 7.62. The number of aliphatic carboxylic acids is 1. The molecule has 0 saturated heterocycles. The molecule has 0 heterocycles. The van der Waals surface area contributed by atoms with Gasteiger partial charge in [-0.25, -0.2) is 17.9 Å². The molecule has 140 valence electrons. The smallest absolute Gasteiger partial charge is 0.341 e. The normalized spacial score (nSPS) is 11.1. The maximum absolute atomic E-state index is 12.2. The maximum atomic E-state index is 12.2. The van der Waals surface area contributed by atoms with Crippen molar-refractivity contribution in [1.82, 2.24) is 4.72 Å². The number of rotatable bonds is 10. The van der Waals surface area contributed by atoms with Crippen LogP contribution in [0.25, 0.3) is 0 Å². The molecular formula is C17H19NO6S2. The largest absolute Gasteiger partial charge is 0.497 e. The Balaban J connectivity index is 1.79. The van der Waals surface area contributed by atoms with E-state index >= 15 is 0 Å². The fourth-order valence-electron chi connectivity index (χ4n) is 1.96. The number of carboxylic acid groups (broad SMARTS) is 1. The molecule has 2 N–H and O–H groups in total. The van der Waals surface area contributed by atoms with Gasteiger partial charge in [-0.05, 0) is 48.5 Å². The van der Waals surface area contributed by atoms with E-state index in [1.165, 1.54) is 31.0 Å². The van der Waals surface area contributed by atoms with Gasteiger partial charge in [-0.1, -0.05) is 0 Å². The molecule has 2 aromatic rings. The van der Waals surface area contributed by atoms with E-state index in [0.29, 0.717) is 17.3 Å². The number of sulfonamides is 1. The SMILES string of the molecule is COc1ccc(S(=O)(=O)NCCSc2ccc(OCC(=O)O)cc2)cc1. The van der Waals surface area contributed by atoms with Crippen LogP contribution in [0.4, 0.5) is 0 Å². The molecule has 0 amide bonds. The van der Waals surface area contributed by atoms with Crippen molar-refractivity contribution in [2.24, 2.45) is 0 Å². The highest BCUT2D eigenvalue weighted by atomic mass is 32.2. The van der Waals surface area contributed by atoms with Crippen LogP contribution in [-0.2, 0) is 14.8 Å². The third kappa shape index (κ3) is 6.25. The predicted octanol–water partition coefficient (Wildman–Crippen LogP) is 2.23. The summed E-state index contributed by atoms with van der Waals surface area (Å²) in [6, 6.07) is 13.1. The molecule has 0 atom stereocenters. The van der Waals surface area contributed by atoms with Crippen LogP contribution in [0, 0.1) is 0 Å². The lowest BCUT2D eigenvalue weighted by Crippen LogP contribution is -2.25. The van der Waals surface area contributed by atoms with Gasteiger partial charge in [-0.3, -0.25) is 0 Å². The predicted molar refractivity (Wildman–Crippen MR) is 98.5 cm³/mol. The average Bonchev–Trinajstić information content (AvgIpc) is 2.64. The summed E-state index contributed by atoms with van der Waals surface area (Å²) in [5, 5.41) is 8.56. The van der Waals surface area contributed by atoms with Gasteiger partial charge in [0.15, 0.2) is 6.61 Å². The summed E-state index contributed by atoms with van der Waals surface area (Å²) >= 11 is 1.48. The molecule has 0 unspecified atom stereocenters. The van der Waals surface area contributed by atoms with Gasteiger partial charge < -0.3 is 14.6 Å². The highest BCUT2D eigenvalue weighted by Gasteiger charge is 2.13. The van der Waals surface area contributed by atoms with Crippen LogP contribution < -0.4 is 14.2 Å². The summed E-state index contributed by atoms with van der Waals surface area (Å²) in [4.78, 5) is 11.5. The number of hydrogen-bond donors (Lipinski definition) is 2. The molecule has 2 aromatic carbocycles. The van der Waals surface area contributed by atoms with Crippen molar-refractivity contribution in [2.75, 3.05) is 26.0 Å². The zero-order valence-electron chi connectivity index (χ0n) is 14.0. The zero-order valence-corrected chi connectivity index (χ0v) is 15.7. The van der Waals surface area contributed by atoms with Gasteiger partial charge in [0.25, 0.3) is 0 Å². The van der Waals surface area contributed by atoms with E-state index < -0.39 is 16.0 Å². The third-order valence-electron chi connectivity index (χ3n) is 3.22. The first kappa shape index (κ1) is 20.1. The molecule has 0 fully saturated rings. The van der Waals surface area contributed by atoms with Crippen LogP contribution in [0.1, 0.15) is 0 Å². The lowest BCUT2D eigenvalue weighted by Gasteiger charge is -2.08. The van der Waals surface area contributed by atoms with Gasteiger partial charge in [-0.15, -0.1) is 11.8 Å². The van der Waals surface area contributed by atoms with E-state index in [1.54, 1.807) is 36.4 Å². The number of ether oxygens (including phenoxy) is 2. The number of thioether (sulfide) groups is 1.